The van der Waals surface area contributed by atoms with E-state index in [1.165, 1.54) is 0 Å². The first-order valence-corrected chi connectivity index (χ1v) is 7.85. The molecule has 0 atom stereocenters. The molecule has 0 saturated carbocycles. The number of ether oxygens (including phenoxy) is 2. The summed E-state index contributed by atoms with van der Waals surface area (Å²) >= 11 is 12.4. The molecule has 0 amide bonds. The van der Waals surface area contributed by atoms with Gasteiger partial charge in [0.15, 0.2) is 5.75 Å². The first-order chi connectivity index (χ1) is 10.7. The quantitative estimate of drug-likeness (QED) is 0.706. The minimum atomic E-state index is 0.150. The van der Waals surface area contributed by atoms with Crippen LogP contribution >= 0.6 is 23.2 Å². The highest BCUT2D eigenvalue weighted by molar-refractivity contribution is 6.37. The molecular weight excluding hydrogens is 323 g/mol. The molecule has 0 aliphatic heterocycles. The van der Waals surface area contributed by atoms with Gasteiger partial charge in [0.2, 0.25) is 0 Å². The number of benzene rings is 2. The standard InChI is InChI=1S/C17H18Cl2O3/c18-15-10-14(22-12-13-6-2-1-3-7-13)11-16(19)17(15)21-9-5-4-8-20/h1-3,6-7,10-11,20H,4-5,8-9,12H2. The average Bonchev–Trinajstić information content (AvgIpc) is 2.52. The Bertz CT molecular complexity index is 565. The molecule has 118 valence electrons. The number of unbranched alkanes of at least 4 members (excludes halogenated alkanes) is 1. The summed E-state index contributed by atoms with van der Waals surface area (Å²) in [5.74, 6) is 1.05. The van der Waals surface area contributed by atoms with E-state index in [2.05, 4.69) is 0 Å². The predicted molar refractivity (Wildman–Crippen MR) is 89.1 cm³/mol. The van der Waals surface area contributed by atoms with Gasteiger partial charge in [0.25, 0.3) is 0 Å². The van der Waals surface area contributed by atoms with Gasteiger partial charge in [0.05, 0.1) is 16.7 Å². The van der Waals surface area contributed by atoms with Crippen LogP contribution in [0.25, 0.3) is 0 Å². The van der Waals surface area contributed by atoms with Crippen LogP contribution in [-0.4, -0.2) is 18.3 Å². The van der Waals surface area contributed by atoms with Crippen LogP contribution in [0.3, 0.4) is 0 Å². The summed E-state index contributed by atoms with van der Waals surface area (Å²) in [5.41, 5.74) is 1.07. The molecule has 0 fully saturated rings. The lowest BCUT2D eigenvalue weighted by atomic mass is 10.2. The van der Waals surface area contributed by atoms with Crippen LogP contribution in [0.15, 0.2) is 42.5 Å². The third-order valence-electron chi connectivity index (χ3n) is 3.02. The van der Waals surface area contributed by atoms with Gasteiger partial charge >= 0.3 is 0 Å². The number of aliphatic hydroxyl groups is 1. The van der Waals surface area contributed by atoms with Crippen LogP contribution in [0.5, 0.6) is 11.5 Å². The van der Waals surface area contributed by atoms with E-state index in [0.29, 0.717) is 41.2 Å². The summed E-state index contributed by atoms with van der Waals surface area (Å²) in [7, 11) is 0. The van der Waals surface area contributed by atoms with Gasteiger partial charge in [-0.2, -0.15) is 0 Å². The van der Waals surface area contributed by atoms with E-state index in [-0.39, 0.29) is 6.61 Å². The molecule has 2 aromatic carbocycles. The highest BCUT2D eigenvalue weighted by Gasteiger charge is 2.10. The van der Waals surface area contributed by atoms with Crippen LogP contribution in [0.4, 0.5) is 0 Å². The SMILES string of the molecule is OCCCCOc1c(Cl)cc(OCc2ccccc2)cc1Cl. The Kier molecular flexibility index (Phi) is 6.84. The summed E-state index contributed by atoms with van der Waals surface area (Å²) in [6.07, 6.45) is 1.43. The van der Waals surface area contributed by atoms with Gasteiger partial charge in [-0.05, 0) is 18.4 Å². The smallest absolute Gasteiger partial charge is 0.156 e. The van der Waals surface area contributed by atoms with E-state index >= 15 is 0 Å². The van der Waals surface area contributed by atoms with Gasteiger partial charge in [-0.15, -0.1) is 0 Å². The summed E-state index contributed by atoms with van der Waals surface area (Å²) in [5, 5.41) is 9.57. The lowest BCUT2D eigenvalue weighted by Crippen LogP contribution is -2.00. The topological polar surface area (TPSA) is 38.7 Å². The molecular formula is C17H18Cl2O3. The summed E-state index contributed by atoms with van der Waals surface area (Å²) < 4.78 is 11.3. The molecule has 0 aromatic heterocycles. The molecule has 3 nitrogen and oxygen atoms in total. The number of rotatable bonds is 8. The second-order valence-corrected chi connectivity index (χ2v) is 5.58. The normalized spacial score (nSPS) is 10.5. The highest BCUT2D eigenvalue weighted by atomic mass is 35.5. The predicted octanol–water partition coefficient (Wildman–Crippen LogP) is 4.72. The fourth-order valence-corrected chi connectivity index (χ4v) is 2.46. The largest absolute Gasteiger partial charge is 0.490 e. The third kappa shape index (κ3) is 5.09. The average molecular weight is 341 g/mol. The van der Waals surface area contributed by atoms with Crippen molar-refractivity contribution in [2.24, 2.45) is 0 Å². The highest BCUT2D eigenvalue weighted by Crippen LogP contribution is 2.37. The van der Waals surface area contributed by atoms with Crippen molar-refractivity contribution in [2.45, 2.75) is 19.4 Å². The maximum absolute atomic E-state index is 8.74. The second kappa shape index (κ2) is 8.89. The minimum absolute atomic E-state index is 0.150. The van der Waals surface area contributed by atoms with Crippen molar-refractivity contribution in [3.8, 4) is 11.5 Å². The number of halogens is 2. The molecule has 0 heterocycles. The first kappa shape index (κ1) is 16.9. The molecule has 0 bridgehead atoms. The summed E-state index contributed by atoms with van der Waals surface area (Å²) in [6.45, 7) is 1.06. The van der Waals surface area contributed by atoms with E-state index in [0.717, 1.165) is 12.0 Å². The van der Waals surface area contributed by atoms with E-state index < -0.39 is 0 Å². The van der Waals surface area contributed by atoms with Crippen LogP contribution < -0.4 is 9.47 Å². The lowest BCUT2D eigenvalue weighted by Gasteiger charge is -2.12. The van der Waals surface area contributed by atoms with Crippen molar-refractivity contribution in [2.75, 3.05) is 13.2 Å². The number of hydrogen-bond acceptors (Lipinski definition) is 3. The maximum Gasteiger partial charge on any atom is 0.156 e. The van der Waals surface area contributed by atoms with Crippen LogP contribution in [-0.2, 0) is 6.61 Å². The molecule has 0 saturated heterocycles. The van der Waals surface area contributed by atoms with Crippen LogP contribution in [0, 0.1) is 0 Å². The van der Waals surface area contributed by atoms with Crippen molar-refractivity contribution in [3.63, 3.8) is 0 Å². The van der Waals surface area contributed by atoms with Crippen molar-refractivity contribution in [1.29, 1.82) is 0 Å². The zero-order chi connectivity index (χ0) is 15.8. The maximum atomic E-state index is 8.74. The van der Waals surface area contributed by atoms with E-state index in [4.69, 9.17) is 37.8 Å². The Morgan fingerprint density at radius 1 is 0.909 bits per heavy atom. The van der Waals surface area contributed by atoms with Gasteiger partial charge in [0, 0.05) is 18.7 Å². The van der Waals surface area contributed by atoms with Gasteiger partial charge in [-0.1, -0.05) is 53.5 Å². The van der Waals surface area contributed by atoms with Gasteiger partial charge in [-0.25, -0.2) is 0 Å². The Morgan fingerprint density at radius 2 is 1.59 bits per heavy atom. The van der Waals surface area contributed by atoms with Crippen molar-refractivity contribution < 1.29 is 14.6 Å². The molecule has 0 aliphatic carbocycles. The lowest BCUT2D eigenvalue weighted by molar-refractivity contribution is 0.253. The minimum Gasteiger partial charge on any atom is -0.490 e. The Hall–Kier alpha value is -1.42. The Morgan fingerprint density at radius 3 is 2.23 bits per heavy atom. The zero-order valence-electron chi connectivity index (χ0n) is 12.1. The molecule has 2 aromatic rings. The van der Waals surface area contributed by atoms with E-state index in [9.17, 15) is 0 Å². The number of aliphatic hydroxyl groups excluding tert-OH is 1. The van der Waals surface area contributed by atoms with Crippen molar-refractivity contribution >= 4 is 23.2 Å². The molecule has 0 spiro atoms. The molecule has 2 rings (SSSR count). The van der Waals surface area contributed by atoms with Crippen molar-refractivity contribution in [3.05, 3.63) is 58.1 Å². The molecule has 0 unspecified atom stereocenters. The van der Waals surface area contributed by atoms with Gasteiger partial charge < -0.3 is 14.6 Å². The Balaban J connectivity index is 1.96. The fourth-order valence-electron chi connectivity index (χ4n) is 1.89. The molecule has 5 heteroatoms. The van der Waals surface area contributed by atoms with Gasteiger partial charge in [-0.3, -0.25) is 0 Å². The fraction of sp³-hybridized carbons (Fsp3) is 0.294. The third-order valence-corrected chi connectivity index (χ3v) is 3.58. The summed E-state index contributed by atoms with van der Waals surface area (Å²) in [6, 6.07) is 13.2. The van der Waals surface area contributed by atoms with E-state index in [1.54, 1.807) is 12.1 Å². The molecule has 0 radical (unpaired) electrons. The van der Waals surface area contributed by atoms with Crippen molar-refractivity contribution in [1.82, 2.24) is 0 Å². The first-order valence-electron chi connectivity index (χ1n) is 7.10. The zero-order valence-corrected chi connectivity index (χ0v) is 13.6. The molecule has 0 aliphatic rings. The molecule has 22 heavy (non-hydrogen) atoms. The van der Waals surface area contributed by atoms with Gasteiger partial charge in [0.1, 0.15) is 12.4 Å². The number of hydrogen-bond donors (Lipinski definition) is 1. The molecule has 1 N–H and O–H groups in total. The summed E-state index contributed by atoms with van der Waals surface area (Å²) in [4.78, 5) is 0. The van der Waals surface area contributed by atoms with E-state index in [1.807, 2.05) is 30.3 Å². The van der Waals surface area contributed by atoms with Crippen LogP contribution in [0.2, 0.25) is 10.0 Å². The second-order valence-electron chi connectivity index (χ2n) is 4.77. The Labute approximate surface area is 140 Å². The monoisotopic (exact) mass is 340 g/mol. The van der Waals surface area contributed by atoms with Crippen LogP contribution in [0.1, 0.15) is 18.4 Å².